The van der Waals surface area contributed by atoms with Crippen LogP contribution >= 0.6 is 0 Å². The van der Waals surface area contributed by atoms with Crippen molar-refractivity contribution >= 4 is 11.8 Å². The van der Waals surface area contributed by atoms with Gasteiger partial charge in [0.2, 0.25) is 5.78 Å². The minimum atomic E-state index is -1.27. The first kappa shape index (κ1) is 11.0. The number of furan rings is 1. The molecule has 0 amide bonds. The van der Waals surface area contributed by atoms with Gasteiger partial charge in [0.05, 0.1) is 11.8 Å². The number of rotatable bonds is 3. The molecule has 0 spiro atoms. The molecule has 2 heterocycles. The largest absolute Gasteiger partial charge is 0.476 e. The van der Waals surface area contributed by atoms with Crippen molar-refractivity contribution in [3.63, 3.8) is 0 Å². The molecule has 2 aromatic heterocycles. The van der Waals surface area contributed by atoms with Crippen LogP contribution in [-0.2, 0) is 0 Å². The highest BCUT2D eigenvalue weighted by molar-refractivity contribution is 6.11. The molecule has 6 nitrogen and oxygen atoms in total. The third-order valence-corrected chi connectivity index (χ3v) is 2.10. The third-order valence-electron chi connectivity index (χ3n) is 2.10. The molecule has 0 bridgehead atoms. The van der Waals surface area contributed by atoms with Gasteiger partial charge in [-0.05, 0) is 19.1 Å². The number of hydrogen-bond acceptors (Lipinski definition) is 5. The predicted octanol–water partition coefficient (Wildman–Crippen LogP) is 1.31. The molecule has 2 rings (SSSR count). The molecular formula is C11H8N2O4. The van der Waals surface area contributed by atoms with Crippen LogP contribution in [0.2, 0.25) is 0 Å². The number of carboxylic acid groups (broad SMARTS) is 1. The van der Waals surface area contributed by atoms with Gasteiger partial charge < -0.3 is 9.52 Å². The minimum Gasteiger partial charge on any atom is -0.476 e. The average molecular weight is 232 g/mol. The Bertz CT molecular complexity index is 575. The van der Waals surface area contributed by atoms with Crippen molar-refractivity contribution in [1.82, 2.24) is 9.97 Å². The molecule has 2 aromatic rings. The molecule has 17 heavy (non-hydrogen) atoms. The number of hydrogen-bond donors (Lipinski definition) is 1. The van der Waals surface area contributed by atoms with E-state index in [4.69, 9.17) is 9.52 Å². The summed E-state index contributed by atoms with van der Waals surface area (Å²) in [7, 11) is 0. The van der Waals surface area contributed by atoms with Crippen LogP contribution in [0, 0.1) is 6.92 Å². The van der Waals surface area contributed by atoms with E-state index in [0.717, 1.165) is 0 Å². The van der Waals surface area contributed by atoms with E-state index in [2.05, 4.69) is 9.97 Å². The number of carbonyl (C=O) groups excluding carboxylic acids is 1. The lowest BCUT2D eigenvalue weighted by Crippen LogP contribution is -2.13. The first-order valence-electron chi connectivity index (χ1n) is 4.74. The third kappa shape index (κ3) is 2.05. The fourth-order valence-electron chi connectivity index (χ4n) is 1.34. The molecule has 0 saturated heterocycles. The number of ketones is 1. The predicted molar refractivity (Wildman–Crippen MR) is 55.9 cm³/mol. The summed E-state index contributed by atoms with van der Waals surface area (Å²) >= 11 is 0. The summed E-state index contributed by atoms with van der Waals surface area (Å²) in [5, 5.41) is 8.96. The average Bonchev–Trinajstić information content (AvgIpc) is 2.81. The second-order valence-corrected chi connectivity index (χ2v) is 3.29. The van der Waals surface area contributed by atoms with E-state index in [0.29, 0.717) is 5.82 Å². The molecule has 6 heteroatoms. The van der Waals surface area contributed by atoms with Crippen LogP contribution < -0.4 is 0 Å². The van der Waals surface area contributed by atoms with Crippen molar-refractivity contribution in [2.45, 2.75) is 6.92 Å². The van der Waals surface area contributed by atoms with Crippen LogP contribution in [0.15, 0.2) is 29.0 Å². The summed E-state index contributed by atoms with van der Waals surface area (Å²) in [6.07, 6.45) is 2.53. The standard InChI is InChI=1S/C11H8N2O4/c1-6-12-5-7(9(13-6)11(15)16)10(14)8-3-2-4-17-8/h2-5H,1H3,(H,15,16). The Morgan fingerprint density at radius 2 is 2.18 bits per heavy atom. The van der Waals surface area contributed by atoms with Gasteiger partial charge in [-0.25, -0.2) is 14.8 Å². The first-order chi connectivity index (χ1) is 8.09. The first-order valence-corrected chi connectivity index (χ1v) is 4.74. The van der Waals surface area contributed by atoms with Crippen LogP contribution in [0.25, 0.3) is 0 Å². The summed E-state index contributed by atoms with van der Waals surface area (Å²) in [5.41, 5.74) is -0.406. The molecule has 0 saturated carbocycles. The number of carbonyl (C=O) groups is 2. The summed E-state index contributed by atoms with van der Waals surface area (Å²) in [6, 6.07) is 3.00. The Morgan fingerprint density at radius 3 is 2.76 bits per heavy atom. The number of carboxylic acids is 1. The van der Waals surface area contributed by atoms with Crippen LogP contribution in [0.1, 0.15) is 32.4 Å². The van der Waals surface area contributed by atoms with Crippen LogP contribution in [0.4, 0.5) is 0 Å². The van der Waals surface area contributed by atoms with E-state index >= 15 is 0 Å². The zero-order chi connectivity index (χ0) is 12.4. The van der Waals surface area contributed by atoms with Gasteiger partial charge >= 0.3 is 5.97 Å². The molecule has 0 atom stereocenters. The highest BCUT2D eigenvalue weighted by Gasteiger charge is 2.21. The molecule has 0 aliphatic carbocycles. The van der Waals surface area contributed by atoms with Crippen molar-refractivity contribution in [2.24, 2.45) is 0 Å². The lowest BCUT2D eigenvalue weighted by Gasteiger charge is -2.02. The summed E-state index contributed by atoms with van der Waals surface area (Å²) in [5.74, 6) is -1.48. The number of aryl methyl sites for hydroxylation is 1. The Morgan fingerprint density at radius 1 is 1.41 bits per heavy atom. The van der Waals surface area contributed by atoms with Crippen molar-refractivity contribution in [2.75, 3.05) is 0 Å². The van der Waals surface area contributed by atoms with Crippen molar-refractivity contribution in [1.29, 1.82) is 0 Å². The van der Waals surface area contributed by atoms with Gasteiger partial charge in [0.25, 0.3) is 0 Å². The van der Waals surface area contributed by atoms with Gasteiger partial charge in [-0.2, -0.15) is 0 Å². The molecule has 1 N–H and O–H groups in total. The van der Waals surface area contributed by atoms with Crippen LogP contribution in [-0.4, -0.2) is 26.8 Å². The minimum absolute atomic E-state index is 0.0555. The van der Waals surface area contributed by atoms with E-state index in [1.165, 1.54) is 18.5 Å². The Hall–Kier alpha value is -2.50. The molecule has 0 fully saturated rings. The smallest absolute Gasteiger partial charge is 0.355 e. The second kappa shape index (κ2) is 4.17. The van der Waals surface area contributed by atoms with Gasteiger partial charge in [0.15, 0.2) is 11.5 Å². The summed E-state index contributed by atoms with van der Waals surface area (Å²) in [4.78, 5) is 30.4. The molecule has 86 valence electrons. The fourth-order valence-corrected chi connectivity index (χ4v) is 1.34. The molecule has 0 unspecified atom stereocenters. The van der Waals surface area contributed by atoms with Crippen molar-refractivity contribution in [3.8, 4) is 0 Å². The zero-order valence-electron chi connectivity index (χ0n) is 8.88. The quantitative estimate of drug-likeness (QED) is 0.802. The highest BCUT2D eigenvalue weighted by Crippen LogP contribution is 2.13. The lowest BCUT2D eigenvalue weighted by molar-refractivity contribution is 0.0685. The fraction of sp³-hybridized carbons (Fsp3) is 0.0909. The Labute approximate surface area is 95.9 Å². The molecule has 0 aromatic carbocycles. The van der Waals surface area contributed by atoms with E-state index in [9.17, 15) is 9.59 Å². The number of aromatic carboxylic acids is 1. The van der Waals surface area contributed by atoms with Crippen molar-refractivity contribution < 1.29 is 19.1 Å². The highest BCUT2D eigenvalue weighted by atomic mass is 16.4. The molecule has 0 aliphatic heterocycles. The summed E-state index contributed by atoms with van der Waals surface area (Å²) < 4.78 is 4.92. The maximum absolute atomic E-state index is 11.9. The van der Waals surface area contributed by atoms with Gasteiger partial charge in [0, 0.05) is 6.20 Å². The monoisotopic (exact) mass is 232 g/mol. The van der Waals surface area contributed by atoms with Gasteiger partial charge in [-0.15, -0.1) is 0 Å². The maximum Gasteiger partial charge on any atom is 0.355 e. The van der Waals surface area contributed by atoms with E-state index in [1.807, 2.05) is 0 Å². The summed E-state index contributed by atoms with van der Waals surface area (Å²) in [6.45, 7) is 1.55. The van der Waals surface area contributed by atoms with Crippen molar-refractivity contribution in [3.05, 3.63) is 47.4 Å². The van der Waals surface area contributed by atoms with Gasteiger partial charge in [-0.1, -0.05) is 0 Å². The number of aromatic nitrogens is 2. The normalized spacial score (nSPS) is 10.2. The topological polar surface area (TPSA) is 93.3 Å². The maximum atomic E-state index is 11.9. The van der Waals surface area contributed by atoms with E-state index in [1.54, 1.807) is 13.0 Å². The van der Waals surface area contributed by atoms with E-state index < -0.39 is 11.8 Å². The lowest BCUT2D eigenvalue weighted by atomic mass is 10.1. The molecule has 0 radical (unpaired) electrons. The van der Waals surface area contributed by atoms with Gasteiger partial charge in [-0.3, -0.25) is 4.79 Å². The zero-order valence-corrected chi connectivity index (χ0v) is 8.88. The number of nitrogens with zero attached hydrogens (tertiary/aromatic N) is 2. The van der Waals surface area contributed by atoms with Gasteiger partial charge in [0.1, 0.15) is 5.82 Å². The molecule has 0 aliphatic rings. The SMILES string of the molecule is Cc1ncc(C(=O)c2ccco2)c(C(=O)O)n1. The second-order valence-electron chi connectivity index (χ2n) is 3.29. The molecular weight excluding hydrogens is 224 g/mol. The van der Waals surface area contributed by atoms with Crippen LogP contribution in [0.3, 0.4) is 0 Å². The Kier molecular flexibility index (Phi) is 2.70. The van der Waals surface area contributed by atoms with Crippen LogP contribution in [0.5, 0.6) is 0 Å². The van der Waals surface area contributed by atoms with E-state index in [-0.39, 0.29) is 17.0 Å². The Balaban J connectivity index is 2.52.